The predicted octanol–water partition coefficient (Wildman–Crippen LogP) is 4.56. The Balaban J connectivity index is 1.55. The summed E-state index contributed by atoms with van der Waals surface area (Å²) < 4.78 is 39.3. The zero-order valence-electron chi connectivity index (χ0n) is 20.7. The van der Waals surface area contributed by atoms with E-state index in [1.165, 1.54) is 11.4 Å². The molecule has 36 heavy (non-hydrogen) atoms. The number of sulfonamides is 1. The van der Waals surface area contributed by atoms with E-state index in [1.54, 1.807) is 31.4 Å². The molecule has 1 saturated heterocycles. The van der Waals surface area contributed by atoms with E-state index in [-0.39, 0.29) is 16.9 Å². The van der Waals surface area contributed by atoms with Crippen molar-refractivity contribution < 1.29 is 22.7 Å². The molecule has 0 spiro atoms. The molecule has 5 rings (SSSR count). The molecule has 2 aliphatic heterocycles. The number of fused-ring (bicyclic) bond motifs is 3. The molecule has 3 aromatic carbocycles. The van der Waals surface area contributed by atoms with Gasteiger partial charge in [-0.1, -0.05) is 29.8 Å². The monoisotopic (exact) mass is 506 g/mol. The van der Waals surface area contributed by atoms with E-state index in [0.29, 0.717) is 17.8 Å². The second-order valence-electron chi connectivity index (χ2n) is 9.43. The number of hydrogen-bond acceptors (Lipinski definition) is 6. The Morgan fingerprint density at radius 1 is 1.00 bits per heavy atom. The van der Waals surface area contributed by atoms with Crippen molar-refractivity contribution >= 4 is 21.7 Å². The van der Waals surface area contributed by atoms with Crippen LogP contribution in [-0.4, -0.2) is 46.6 Å². The number of aryl methyl sites for hydroxylation is 1. The number of carbonyl (C=O) groups is 1. The molecule has 188 valence electrons. The third-order valence-electron chi connectivity index (χ3n) is 7.22. The van der Waals surface area contributed by atoms with Crippen LogP contribution in [0.15, 0.2) is 71.6 Å². The number of nitrogens with zero attached hydrogens (tertiary/aromatic N) is 2. The predicted molar refractivity (Wildman–Crippen MR) is 138 cm³/mol. The Morgan fingerprint density at radius 2 is 1.72 bits per heavy atom. The SMILES string of the molecule is COC(=O)c1ccc2c(c1)[C@@H]1[C@@H](CCN1Cc1ccc(OC)cc1)CN2S(=O)(=O)c1ccc(C)cc1. The Kier molecular flexibility index (Phi) is 6.49. The number of hydrogen-bond donors (Lipinski definition) is 0. The second kappa shape index (κ2) is 9.59. The summed E-state index contributed by atoms with van der Waals surface area (Å²) >= 11 is 0. The summed E-state index contributed by atoms with van der Waals surface area (Å²) in [7, 11) is -0.770. The summed E-state index contributed by atoms with van der Waals surface area (Å²) in [6.07, 6.45) is 0.864. The molecule has 2 aliphatic rings. The zero-order chi connectivity index (χ0) is 25.4. The molecule has 0 amide bonds. The molecule has 0 aromatic heterocycles. The lowest BCUT2D eigenvalue weighted by Gasteiger charge is -2.40. The maximum absolute atomic E-state index is 13.8. The maximum Gasteiger partial charge on any atom is 0.337 e. The average Bonchev–Trinajstić information content (AvgIpc) is 3.30. The Hall–Kier alpha value is -3.36. The van der Waals surface area contributed by atoms with Gasteiger partial charge in [-0.2, -0.15) is 0 Å². The van der Waals surface area contributed by atoms with Crippen LogP contribution in [0.3, 0.4) is 0 Å². The molecule has 0 radical (unpaired) electrons. The lowest BCUT2D eigenvalue weighted by molar-refractivity contribution is 0.0600. The van der Waals surface area contributed by atoms with E-state index in [4.69, 9.17) is 9.47 Å². The number of benzene rings is 3. The molecule has 2 heterocycles. The van der Waals surface area contributed by atoms with Crippen LogP contribution < -0.4 is 9.04 Å². The molecule has 8 heteroatoms. The number of ether oxygens (including phenoxy) is 2. The quantitative estimate of drug-likeness (QED) is 0.456. The highest BCUT2D eigenvalue weighted by molar-refractivity contribution is 7.92. The fraction of sp³-hybridized carbons (Fsp3) is 0.321. The molecule has 7 nitrogen and oxygen atoms in total. The van der Waals surface area contributed by atoms with Gasteiger partial charge in [-0.3, -0.25) is 9.21 Å². The smallest absolute Gasteiger partial charge is 0.337 e. The van der Waals surface area contributed by atoms with Gasteiger partial charge in [-0.05, 0) is 79.4 Å². The molecule has 3 aromatic rings. The van der Waals surface area contributed by atoms with Crippen LogP contribution in [0, 0.1) is 12.8 Å². The van der Waals surface area contributed by atoms with Crippen LogP contribution in [-0.2, 0) is 21.3 Å². The van der Waals surface area contributed by atoms with Gasteiger partial charge in [0.1, 0.15) is 5.75 Å². The first-order chi connectivity index (χ1) is 17.3. The minimum Gasteiger partial charge on any atom is -0.497 e. The van der Waals surface area contributed by atoms with Gasteiger partial charge in [-0.25, -0.2) is 13.2 Å². The summed E-state index contributed by atoms with van der Waals surface area (Å²) in [5.74, 6) is 0.470. The topological polar surface area (TPSA) is 76.2 Å². The fourth-order valence-corrected chi connectivity index (χ4v) is 6.90. The summed E-state index contributed by atoms with van der Waals surface area (Å²) in [5, 5.41) is 0. The van der Waals surface area contributed by atoms with Crippen LogP contribution >= 0.6 is 0 Å². The summed E-state index contributed by atoms with van der Waals surface area (Å²) in [6.45, 7) is 3.88. The van der Waals surface area contributed by atoms with Gasteiger partial charge in [0.05, 0.1) is 30.4 Å². The second-order valence-corrected chi connectivity index (χ2v) is 11.3. The van der Waals surface area contributed by atoms with E-state index in [0.717, 1.165) is 42.0 Å². The normalized spacial score (nSPS) is 19.5. The highest BCUT2D eigenvalue weighted by Gasteiger charge is 2.44. The highest BCUT2D eigenvalue weighted by Crippen LogP contribution is 2.48. The van der Waals surface area contributed by atoms with Gasteiger partial charge in [0.2, 0.25) is 0 Å². The van der Waals surface area contributed by atoms with Crippen LogP contribution in [0.4, 0.5) is 5.69 Å². The Morgan fingerprint density at radius 3 is 2.39 bits per heavy atom. The largest absolute Gasteiger partial charge is 0.497 e. The van der Waals surface area contributed by atoms with E-state index < -0.39 is 16.0 Å². The van der Waals surface area contributed by atoms with Gasteiger partial charge in [0.15, 0.2) is 0 Å². The van der Waals surface area contributed by atoms with Gasteiger partial charge in [0.25, 0.3) is 10.0 Å². The molecule has 0 bridgehead atoms. The zero-order valence-corrected chi connectivity index (χ0v) is 21.5. The lowest BCUT2D eigenvalue weighted by atomic mass is 9.88. The highest BCUT2D eigenvalue weighted by atomic mass is 32.2. The van der Waals surface area contributed by atoms with Gasteiger partial charge >= 0.3 is 5.97 Å². The van der Waals surface area contributed by atoms with E-state index in [2.05, 4.69) is 17.0 Å². The summed E-state index contributed by atoms with van der Waals surface area (Å²) in [5.41, 5.74) is 4.03. The maximum atomic E-state index is 13.8. The summed E-state index contributed by atoms with van der Waals surface area (Å²) in [6, 6.07) is 20.1. The Bertz CT molecular complexity index is 1370. The molecule has 0 N–H and O–H groups in total. The van der Waals surface area contributed by atoms with Crippen LogP contribution in [0.5, 0.6) is 5.75 Å². The number of esters is 1. The fourth-order valence-electron chi connectivity index (χ4n) is 5.35. The molecule has 0 unspecified atom stereocenters. The molecular weight excluding hydrogens is 476 g/mol. The van der Waals surface area contributed by atoms with Crippen molar-refractivity contribution in [3.05, 3.63) is 89.0 Å². The van der Waals surface area contributed by atoms with Crippen LogP contribution in [0.2, 0.25) is 0 Å². The van der Waals surface area contributed by atoms with Crippen LogP contribution in [0.1, 0.15) is 39.5 Å². The molecular formula is C28H30N2O5S. The Labute approximate surface area is 212 Å². The molecule has 0 saturated carbocycles. The average molecular weight is 507 g/mol. The van der Waals surface area contributed by atoms with Crippen molar-refractivity contribution in [1.82, 2.24) is 4.90 Å². The van der Waals surface area contributed by atoms with E-state index >= 15 is 0 Å². The van der Waals surface area contributed by atoms with Crippen molar-refractivity contribution in [2.24, 2.45) is 5.92 Å². The third kappa shape index (κ3) is 4.35. The first-order valence-electron chi connectivity index (χ1n) is 12.0. The number of anilines is 1. The van der Waals surface area contributed by atoms with Crippen molar-refractivity contribution in [2.45, 2.75) is 30.8 Å². The number of methoxy groups -OCH3 is 2. The number of rotatable bonds is 6. The van der Waals surface area contributed by atoms with Gasteiger partial charge in [0, 0.05) is 19.1 Å². The number of carbonyl (C=O) groups excluding carboxylic acids is 1. The minimum absolute atomic E-state index is 0.00354. The van der Waals surface area contributed by atoms with E-state index in [9.17, 15) is 13.2 Å². The van der Waals surface area contributed by atoms with Gasteiger partial charge in [-0.15, -0.1) is 0 Å². The minimum atomic E-state index is -3.77. The standard InChI is InChI=1S/C28H30N2O5S/c1-19-4-11-24(12-5-19)36(32,33)30-18-22-14-15-29(17-20-6-9-23(34-2)10-7-20)27(22)25-16-21(28(31)35-3)8-13-26(25)30/h4-13,16,22,27H,14-15,17-18H2,1-3H3/t22-,27-/m0/s1. The molecule has 0 aliphatic carbocycles. The van der Waals surface area contributed by atoms with Crippen molar-refractivity contribution in [2.75, 3.05) is 31.6 Å². The first kappa shape index (κ1) is 24.3. The van der Waals surface area contributed by atoms with Crippen LogP contribution in [0.25, 0.3) is 0 Å². The molecule has 1 fully saturated rings. The van der Waals surface area contributed by atoms with Gasteiger partial charge < -0.3 is 9.47 Å². The van der Waals surface area contributed by atoms with E-state index in [1.807, 2.05) is 37.3 Å². The van der Waals surface area contributed by atoms with Crippen molar-refractivity contribution in [1.29, 1.82) is 0 Å². The first-order valence-corrected chi connectivity index (χ1v) is 13.4. The molecule has 2 atom stereocenters. The summed E-state index contributed by atoms with van der Waals surface area (Å²) in [4.78, 5) is 15.0. The third-order valence-corrected chi connectivity index (χ3v) is 9.01. The number of likely N-dealkylation sites (tertiary alicyclic amines) is 1. The van der Waals surface area contributed by atoms with Crippen molar-refractivity contribution in [3.63, 3.8) is 0 Å². The van der Waals surface area contributed by atoms with Crippen molar-refractivity contribution in [3.8, 4) is 5.75 Å². The lowest BCUT2D eigenvalue weighted by Crippen LogP contribution is -2.42.